The van der Waals surface area contributed by atoms with E-state index in [1.807, 2.05) is 0 Å². The zero-order valence-electron chi connectivity index (χ0n) is 9.27. The average molecular weight is 231 g/mol. The van der Waals surface area contributed by atoms with Crippen LogP contribution in [0.25, 0.3) is 0 Å². The Bertz CT molecular complexity index is 256. The number of amides is 1. The highest BCUT2D eigenvalue weighted by Crippen LogP contribution is 2.38. The smallest absolute Gasteiger partial charge is 0.307 e. The number of hydrogen-bond acceptors (Lipinski definition) is 4. The first-order chi connectivity index (χ1) is 7.66. The molecule has 92 valence electrons. The third kappa shape index (κ3) is 4.16. The minimum absolute atomic E-state index is 0.192. The van der Waals surface area contributed by atoms with Crippen LogP contribution < -0.4 is 5.32 Å². The lowest BCUT2D eigenvalue weighted by Crippen LogP contribution is -2.29. The van der Waals surface area contributed by atoms with Gasteiger partial charge in [-0.25, -0.2) is 0 Å². The number of carboxylic acid groups (broad SMARTS) is 1. The van der Waals surface area contributed by atoms with E-state index in [-0.39, 0.29) is 11.8 Å². The summed E-state index contributed by atoms with van der Waals surface area (Å²) >= 11 is 0. The quantitative estimate of drug-likeness (QED) is 0.549. The summed E-state index contributed by atoms with van der Waals surface area (Å²) in [7, 11) is 1.59. The van der Waals surface area contributed by atoms with Crippen LogP contribution in [0.3, 0.4) is 0 Å². The van der Waals surface area contributed by atoms with Crippen LogP contribution in [0.5, 0.6) is 0 Å². The van der Waals surface area contributed by atoms with Crippen LogP contribution in [0.2, 0.25) is 0 Å². The van der Waals surface area contributed by atoms with Gasteiger partial charge in [0.05, 0.1) is 31.7 Å². The van der Waals surface area contributed by atoms with Crippen LogP contribution in [0, 0.1) is 11.8 Å². The lowest BCUT2D eigenvalue weighted by molar-refractivity contribution is -0.140. The number of hydrogen-bond donors (Lipinski definition) is 2. The molecule has 1 aliphatic carbocycles. The Morgan fingerprint density at radius 2 is 2.06 bits per heavy atom. The van der Waals surface area contributed by atoms with Gasteiger partial charge < -0.3 is 19.9 Å². The predicted octanol–water partition coefficient (Wildman–Crippen LogP) is -0.514. The third-order valence-corrected chi connectivity index (χ3v) is 2.42. The standard InChI is InChI=1S/C10H17NO5/c1-15-4-5-16-3-2-11-9(12)7-6-8(7)10(13)14/h7-8H,2-6H2,1H3,(H,11,12)(H,13,14)/t7-,8+/m1/s1. The monoisotopic (exact) mass is 231 g/mol. The molecule has 2 N–H and O–H groups in total. The largest absolute Gasteiger partial charge is 0.481 e. The molecule has 0 heterocycles. The summed E-state index contributed by atoms with van der Waals surface area (Å²) in [5.74, 6) is -1.93. The SMILES string of the molecule is COCCOCCNC(=O)[C@@H]1C[C@@H]1C(=O)O. The van der Waals surface area contributed by atoms with Crippen molar-refractivity contribution in [2.75, 3.05) is 33.5 Å². The van der Waals surface area contributed by atoms with Crippen molar-refractivity contribution in [1.29, 1.82) is 0 Å². The molecular formula is C10H17NO5. The second kappa shape index (κ2) is 6.44. The van der Waals surface area contributed by atoms with Crippen LogP contribution >= 0.6 is 0 Å². The molecule has 0 aromatic rings. The third-order valence-electron chi connectivity index (χ3n) is 2.42. The van der Waals surface area contributed by atoms with Gasteiger partial charge in [0.25, 0.3) is 0 Å². The molecule has 1 rings (SSSR count). The average Bonchev–Trinajstić information content (AvgIpc) is 3.02. The fourth-order valence-electron chi connectivity index (χ4n) is 1.38. The number of ether oxygens (including phenoxy) is 2. The maximum absolute atomic E-state index is 11.4. The molecule has 1 fully saturated rings. The second-order valence-electron chi connectivity index (χ2n) is 3.68. The van der Waals surface area contributed by atoms with E-state index in [0.29, 0.717) is 32.8 Å². The molecule has 16 heavy (non-hydrogen) atoms. The number of rotatable bonds is 8. The van der Waals surface area contributed by atoms with Crippen LogP contribution in [-0.2, 0) is 19.1 Å². The van der Waals surface area contributed by atoms with Gasteiger partial charge in [-0.2, -0.15) is 0 Å². The number of carboxylic acids is 1. The van der Waals surface area contributed by atoms with Gasteiger partial charge in [-0.05, 0) is 6.42 Å². The first-order valence-electron chi connectivity index (χ1n) is 5.24. The van der Waals surface area contributed by atoms with Crippen LogP contribution in [0.4, 0.5) is 0 Å². The summed E-state index contributed by atoms with van der Waals surface area (Å²) in [6.45, 7) is 1.84. The summed E-state index contributed by atoms with van der Waals surface area (Å²) in [5.41, 5.74) is 0. The fourth-order valence-corrected chi connectivity index (χ4v) is 1.38. The number of nitrogens with one attached hydrogen (secondary N) is 1. The molecular weight excluding hydrogens is 214 g/mol. The molecule has 1 amide bonds. The molecule has 1 aliphatic rings. The summed E-state index contributed by atoms with van der Waals surface area (Å²) in [4.78, 5) is 21.9. The molecule has 6 heteroatoms. The van der Waals surface area contributed by atoms with E-state index >= 15 is 0 Å². The first-order valence-corrected chi connectivity index (χ1v) is 5.24. The van der Waals surface area contributed by atoms with Crippen LogP contribution in [-0.4, -0.2) is 50.5 Å². The van der Waals surface area contributed by atoms with E-state index in [2.05, 4.69) is 5.32 Å². The van der Waals surface area contributed by atoms with Gasteiger partial charge in [-0.1, -0.05) is 0 Å². The van der Waals surface area contributed by atoms with Crippen molar-refractivity contribution in [3.8, 4) is 0 Å². The van der Waals surface area contributed by atoms with Crippen LogP contribution in [0.1, 0.15) is 6.42 Å². The zero-order chi connectivity index (χ0) is 12.0. The molecule has 0 aliphatic heterocycles. The molecule has 0 unspecified atom stereocenters. The highest BCUT2D eigenvalue weighted by molar-refractivity contribution is 5.89. The van der Waals surface area contributed by atoms with E-state index < -0.39 is 11.9 Å². The Balaban J connectivity index is 1.98. The summed E-state index contributed by atoms with van der Waals surface area (Å²) in [6, 6.07) is 0. The van der Waals surface area contributed by atoms with E-state index in [9.17, 15) is 9.59 Å². The molecule has 0 aromatic carbocycles. The summed E-state index contributed by atoms with van der Waals surface area (Å²) in [6.07, 6.45) is 0.450. The minimum atomic E-state index is -0.892. The predicted molar refractivity (Wildman–Crippen MR) is 54.9 cm³/mol. The van der Waals surface area contributed by atoms with E-state index in [4.69, 9.17) is 14.6 Å². The van der Waals surface area contributed by atoms with Crippen molar-refractivity contribution >= 4 is 11.9 Å². The number of carbonyl (C=O) groups excluding carboxylic acids is 1. The lowest BCUT2D eigenvalue weighted by atomic mass is 10.3. The van der Waals surface area contributed by atoms with Crippen molar-refractivity contribution < 1.29 is 24.2 Å². The fraction of sp³-hybridized carbons (Fsp3) is 0.800. The van der Waals surface area contributed by atoms with Gasteiger partial charge in [0.2, 0.25) is 5.91 Å². The van der Waals surface area contributed by atoms with Crippen molar-refractivity contribution in [3.05, 3.63) is 0 Å². The Labute approximate surface area is 93.9 Å². The number of methoxy groups -OCH3 is 1. The molecule has 6 nitrogen and oxygen atoms in total. The molecule has 0 bridgehead atoms. The Morgan fingerprint density at radius 1 is 1.31 bits per heavy atom. The molecule has 0 spiro atoms. The van der Waals surface area contributed by atoms with Gasteiger partial charge in [-0.15, -0.1) is 0 Å². The Morgan fingerprint density at radius 3 is 2.62 bits per heavy atom. The van der Waals surface area contributed by atoms with E-state index in [0.717, 1.165) is 0 Å². The van der Waals surface area contributed by atoms with Crippen molar-refractivity contribution in [2.45, 2.75) is 6.42 Å². The Kier molecular flexibility index (Phi) is 5.21. The molecule has 0 saturated heterocycles. The van der Waals surface area contributed by atoms with E-state index in [1.54, 1.807) is 7.11 Å². The molecule has 0 aromatic heterocycles. The topological polar surface area (TPSA) is 84.9 Å². The highest BCUT2D eigenvalue weighted by Gasteiger charge is 2.48. The van der Waals surface area contributed by atoms with Gasteiger partial charge in [0.1, 0.15) is 0 Å². The molecule has 2 atom stereocenters. The highest BCUT2D eigenvalue weighted by atomic mass is 16.5. The molecule has 0 radical (unpaired) electrons. The maximum atomic E-state index is 11.4. The summed E-state index contributed by atoms with van der Waals surface area (Å²) in [5, 5.41) is 11.3. The second-order valence-corrected chi connectivity index (χ2v) is 3.68. The summed E-state index contributed by atoms with van der Waals surface area (Å²) < 4.78 is 9.92. The van der Waals surface area contributed by atoms with Crippen molar-refractivity contribution in [2.24, 2.45) is 11.8 Å². The number of carbonyl (C=O) groups is 2. The molecule has 1 saturated carbocycles. The number of aliphatic carboxylic acids is 1. The normalized spacial score (nSPS) is 22.8. The first kappa shape index (κ1) is 12.9. The van der Waals surface area contributed by atoms with Gasteiger partial charge in [0, 0.05) is 13.7 Å². The van der Waals surface area contributed by atoms with Gasteiger partial charge in [-0.3, -0.25) is 9.59 Å². The van der Waals surface area contributed by atoms with Crippen molar-refractivity contribution in [1.82, 2.24) is 5.32 Å². The zero-order valence-corrected chi connectivity index (χ0v) is 9.27. The minimum Gasteiger partial charge on any atom is -0.481 e. The van der Waals surface area contributed by atoms with Gasteiger partial charge in [0.15, 0.2) is 0 Å². The Hall–Kier alpha value is -1.14. The van der Waals surface area contributed by atoms with E-state index in [1.165, 1.54) is 0 Å². The lowest BCUT2D eigenvalue weighted by Gasteiger charge is -2.05. The van der Waals surface area contributed by atoms with Gasteiger partial charge >= 0.3 is 5.97 Å². The van der Waals surface area contributed by atoms with Crippen molar-refractivity contribution in [3.63, 3.8) is 0 Å². The van der Waals surface area contributed by atoms with Crippen LogP contribution in [0.15, 0.2) is 0 Å². The maximum Gasteiger partial charge on any atom is 0.307 e.